The number of hydrogen-bond donors (Lipinski definition) is 2. The van der Waals surface area contributed by atoms with Crippen LogP contribution in [0.5, 0.6) is 11.5 Å². The summed E-state index contributed by atoms with van der Waals surface area (Å²) in [4.78, 5) is 48.6. The van der Waals surface area contributed by atoms with E-state index < -0.39 is 22.5 Å². The van der Waals surface area contributed by atoms with Crippen molar-refractivity contribution in [3.63, 3.8) is 0 Å². The summed E-state index contributed by atoms with van der Waals surface area (Å²) >= 11 is 0. The Morgan fingerprint density at radius 2 is 0.964 bits per heavy atom. The Kier molecular flexibility index (Phi) is 28.9. The van der Waals surface area contributed by atoms with E-state index >= 15 is 0 Å². The van der Waals surface area contributed by atoms with E-state index in [4.69, 9.17) is 38.6 Å². The third-order valence-electron chi connectivity index (χ3n) is 19.2. The van der Waals surface area contributed by atoms with Crippen LogP contribution in [-0.2, 0) is 47.6 Å². The minimum Gasteiger partial charge on any atom is -0.508 e. The molecule has 2 aromatic carbocycles. The summed E-state index contributed by atoms with van der Waals surface area (Å²) in [5.41, 5.74) is 1.37. The summed E-state index contributed by atoms with van der Waals surface area (Å²) in [6, 6.07) is 14.9. The molecule has 8 rings (SSSR count). The molecule has 0 aromatic heterocycles. The molecule has 6 aliphatic rings. The lowest BCUT2D eigenvalue weighted by atomic mass is 9.87. The van der Waals surface area contributed by atoms with E-state index in [2.05, 4.69) is 48.5 Å². The summed E-state index contributed by atoms with van der Waals surface area (Å²) in [6.45, 7) is 32.8. The Hall–Kier alpha value is -4.16. The standard InChI is InChI=1S/C19H34O3.C18H34O3.C14H20O4.2C10H14O/c1-4-19(2,3)18(20)22-17(15-11-7-5-8-12-15)21-16-13-9-6-10-14-16;1-7-18(5,6)16(19)21-15(13-17(2,3)4)20-14-11-9-8-10-12-14;1-4-14(2,3)13(16)18-10-7-5-8-9(6-7)12(15)17-11(8)10;2*1-3-8(2)9-4-6-10(11)7-5-9/h15-17H,4-14H2,1-3H3;14-15H,7-13H2,1-6H3;7-11H,4-6H2,1-3H3;2*4-8,11H,3H2,1-2H3. The number of ether oxygens (including phenoxy) is 6. The van der Waals surface area contributed by atoms with Gasteiger partial charge in [-0.1, -0.05) is 151 Å². The number of esters is 4. The van der Waals surface area contributed by atoms with Gasteiger partial charge in [0.1, 0.15) is 23.7 Å². The van der Waals surface area contributed by atoms with Gasteiger partial charge < -0.3 is 38.6 Å². The lowest BCUT2D eigenvalue weighted by Gasteiger charge is -2.35. The number of phenols is 2. The highest BCUT2D eigenvalue weighted by Gasteiger charge is 2.63. The van der Waals surface area contributed by atoms with Crippen LogP contribution in [0.1, 0.15) is 281 Å². The van der Waals surface area contributed by atoms with E-state index in [9.17, 15) is 19.2 Å². The molecule has 472 valence electrons. The minimum atomic E-state index is -0.455. The van der Waals surface area contributed by atoms with Crippen molar-refractivity contribution in [2.45, 2.75) is 307 Å². The lowest BCUT2D eigenvalue weighted by Crippen LogP contribution is -2.39. The van der Waals surface area contributed by atoms with Crippen LogP contribution < -0.4 is 0 Å². The molecule has 5 aliphatic carbocycles. The van der Waals surface area contributed by atoms with Crippen molar-refractivity contribution in [2.75, 3.05) is 0 Å². The zero-order chi connectivity index (χ0) is 61.7. The van der Waals surface area contributed by atoms with E-state index in [1.54, 1.807) is 24.3 Å². The van der Waals surface area contributed by atoms with E-state index in [0.29, 0.717) is 47.2 Å². The van der Waals surface area contributed by atoms with Gasteiger partial charge in [-0.05, 0) is 178 Å². The van der Waals surface area contributed by atoms with Crippen LogP contribution in [0.4, 0.5) is 0 Å². The van der Waals surface area contributed by atoms with Crippen LogP contribution in [-0.4, -0.2) is 71.1 Å². The fraction of sp³-hybridized carbons (Fsp3) is 0.775. The number of carbonyl (C=O) groups excluding carboxylic acids is 4. The predicted octanol–water partition coefficient (Wildman–Crippen LogP) is 18.0. The van der Waals surface area contributed by atoms with Crippen LogP contribution in [0.3, 0.4) is 0 Å². The van der Waals surface area contributed by atoms with Gasteiger partial charge in [-0.15, -0.1) is 0 Å². The molecular formula is C71H116O12. The van der Waals surface area contributed by atoms with E-state index in [1.165, 1.54) is 68.9 Å². The smallest absolute Gasteiger partial charge is 0.313 e. The maximum atomic E-state index is 12.5. The van der Waals surface area contributed by atoms with Crippen molar-refractivity contribution < 1.29 is 57.8 Å². The van der Waals surface area contributed by atoms with Crippen LogP contribution in [0, 0.1) is 45.3 Å². The highest BCUT2D eigenvalue weighted by atomic mass is 16.7. The second-order valence-corrected chi connectivity index (χ2v) is 28.4. The molecule has 2 aromatic rings. The molecule has 6 fully saturated rings. The van der Waals surface area contributed by atoms with Crippen molar-refractivity contribution in [3.05, 3.63) is 59.7 Å². The normalized spacial score (nSPS) is 23.4. The first kappa shape index (κ1) is 71.3. The first-order valence-corrected chi connectivity index (χ1v) is 32.8. The lowest BCUT2D eigenvalue weighted by molar-refractivity contribution is -0.218. The highest BCUT2D eigenvalue weighted by molar-refractivity contribution is 5.78. The van der Waals surface area contributed by atoms with Gasteiger partial charge in [-0.2, -0.15) is 0 Å². The van der Waals surface area contributed by atoms with Gasteiger partial charge >= 0.3 is 23.9 Å². The average molecular weight is 1160 g/mol. The second-order valence-electron chi connectivity index (χ2n) is 28.4. The number of rotatable bonds is 19. The van der Waals surface area contributed by atoms with Gasteiger partial charge in [0.2, 0.25) is 12.6 Å². The third-order valence-corrected chi connectivity index (χ3v) is 19.2. The van der Waals surface area contributed by atoms with E-state index in [1.807, 2.05) is 86.6 Å². The molecule has 5 saturated carbocycles. The molecule has 1 saturated heterocycles. The highest BCUT2D eigenvalue weighted by Crippen LogP contribution is 2.55. The summed E-state index contributed by atoms with van der Waals surface area (Å²) in [7, 11) is 0. The average Bonchev–Trinajstić information content (AvgIpc) is 1.89. The molecule has 1 aliphatic heterocycles. The van der Waals surface area contributed by atoms with Crippen molar-refractivity contribution in [1.29, 1.82) is 0 Å². The van der Waals surface area contributed by atoms with Crippen LogP contribution in [0.2, 0.25) is 0 Å². The number of phenolic OH excluding ortho intramolecular Hbond substituents is 2. The summed E-state index contributed by atoms with van der Waals surface area (Å²) < 4.78 is 35.1. The Morgan fingerprint density at radius 3 is 1.39 bits per heavy atom. The molecule has 9 atom stereocenters. The van der Waals surface area contributed by atoms with Gasteiger partial charge in [0.05, 0.1) is 34.4 Å². The Balaban J connectivity index is 0.000000229. The number of hydrogen-bond acceptors (Lipinski definition) is 12. The molecule has 1 heterocycles. The number of fused-ring (bicyclic) bond motifs is 1. The maximum Gasteiger partial charge on any atom is 0.313 e. The van der Waals surface area contributed by atoms with E-state index in [0.717, 1.165) is 89.9 Å². The van der Waals surface area contributed by atoms with Gasteiger partial charge in [0, 0.05) is 24.2 Å². The summed E-state index contributed by atoms with van der Waals surface area (Å²) in [6.07, 6.45) is 24.7. The summed E-state index contributed by atoms with van der Waals surface area (Å²) in [5.74, 6) is 2.49. The molecule has 0 radical (unpaired) electrons. The first-order chi connectivity index (χ1) is 39.1. The number of carbonyl (C=O) groups is 4. The van der Waals surface area contributed by atoms with Crippen molar-refractivity contribution in [1.82, 2.24) is 0 Å². The molecule has 83 heavy (non-hydrogen) atoms. The van der Waals surface area contributed by atoms with E-state index in [-0.39, 0.29) is 59.8 Å². The van der Waals surface area contributed by atoms with Gasteiger partial charge in [0.15, 0.2) is 0 Å². The Bertz CT molecular complexity index is 2160. The number of benzene rings is 2. The Morgan fingerprint density at radius 1 is 0.554 bits per heavy atom. The second kappa shape index (κ2) is 33.7. The van der Waals surface area contributed by atoms with Crippen molar-refractivity contribution >= 4 is 23.9 Å². The van der Waals surface area contributed by atoms with Crippen molar-refractivity contribution in [2.24, 2.45) is 45.3 Å². The fourth-order valence-corrected chi connectivity index (χ4v) is 11.5. The molecule has 0 spiro atoms. The molecule has 2 bridgehead atoms. The molecule has 0 amide bonds. The molecule has 12 nitrogen and oxygen atoms in total. The quantitative estimate of drug-likeness (QED) is 0.0778. The van der Waals surface area contributed by atoms with Crippen LogP contribution in [0.15, 0.2) is 48.5 Å². The SMILES string of the molecule is CCC(C)(C)C(=O)OC(CC(C)(C)C)OC1CCCCC1.CCC(C)(C)C(=O)OC(OC1CCCCC1)C1CCCCC1.CCC(C)(C)C(=O)OC1C2CC3C(=O)OC1C3C2.CCC(C)c1ccc(O)cc1.CCC(C)c1ccc(O)cc1. The largest absolute Gasteiger partial charge is 0.508 e. The molecule has 12 heteroatoms. The van der Waals surface area contributed by atoms with Gasteiger partial charge in [0.25, 0.3) is 0 Å². The predicted molar refractivity (Wildman–Crippen MR) is 332 cm³/mol. The van der Waals surface area contributed by atoms with Crippen molar-refractivity contribution in [3.8, 4) is 11.5 Å². The first-order valence-electron chi connectivity index (χ1n) is 32.8. The monoisotopic (exact) mass is 1160 g/mol. The zero-order valence-corrected chi connectivity index (χ0v) is 54.8. The number of aromatic hydroxyl groups is 2. The third kappa shape index (κ3) is 22.9. The van der Waals surface area contributed by atoms with Crippen LogP contribution >= 0.6 is 0 Å². The molecule has 2 N–H and O–H groups in total. The Labute approximate surface area is 503 Å². The fourth-order valence-electron chi connectivity index (χ4n) is 11.5. The molecular weight excluding hydrogens is 1040 g/mol. The van der Waals surface area contributed by atoms with Gasteiger partial charge in [-0.25, -0.2) is 0 Å². The maximum absolute atomic E-state index is 12.5. The molecule has 9 unspecified atom stereocenters. The van der Waals surface area contributed by atoms with Gasteiger partial charge in [-0.3, -0.25) is 19.2 Å². The summed E-state index contributed by atoms with van der Waals surface area (Å²) in [5, 5.41) is 18.0. The zero-order valence-electron chi connectivity index (χ0n) is 54.8. The van der Waals surface area contributed by atoms with Crippen LogP contribution in [0.25, 0.3) is 0 Å². The minimum absolute atomic E-state index is 0.0779. The topological polar surface area (TPSA) is 164 Å².